The number of anilines is 5. The second-order valence-electron chi connectivity index (χ2n) is 5.35. The first kappa shape index (κ1) is 22.1. The largest absolute Gasteiger partial charge is 0.497 e. The van der Waals surface area contributed by atoms with Gasteiger partial charge < -0.3 is 20.7 Å². The molecule has 0 radical (unpaired) electrons. The van der Waals surface area contributed by atoms with Crippen molar-refractivity contribution >= 4 is 52.0 Å². The highest BCUT2D eigenvalue weighted by Gasteiger charge is 2.10. The zero-order valence-corrected chi connectivity index (χ0v) is 17.0. The van der Waals surface area contributed by atoms with Gasteiger partial charge in [-0.25, -0.2) is 9.37 Å². The average Bonchev–Trinajstić information content (AvgIpc) is 2.73. The molecule has 0 saturated heterocycles. The molecule has 1 aromatic heterocycles. The average molecular weight is 438 g/mol. The number of benzene rings is 2. The van der Waals surface area contributed by atoms with E-state index in [2.05, 4.69) is 25.9 Å². The van der Waals surface area contributed by atoms with E-state index in [4.69, 9.17) is 24.8 Å². The Morgan fingerprint density at radius 1 is 1.07 bits per heavy atom. The lowest BCUT2D eigenvalue weighted by Crippen LogP contribution is -2.04. The Bertz CT molecular complexity index is 1020. The molecule has 0 saturated carbocycles. The smallest absolute Gasteiger partial charge is 0.335 e. The zero-order valence-electron chi connectivity index (χ0n) is 15.4. The first-order valence-corrected chi connectivity index (χ1v) is 9.15. The van der Waals surface area contributed by atoms with E-state index in [1.807, 2.05) is 18.2 Å². The summed E-state index contributed by atoms with van der Waals surface area (Å²) in [5.41, 5.74) is 1.84. The lowest BCUT2D eigenvalue weighted by molar-refractivity contribution is 0.415. The SMILES string of the molecule is CNc1cc(OC)ccc1Nc1nc(Nc2ccccc2F)ncc1Cl.O=S=O. The molecule has 152 valence electrons. The number of nitrogens with one attached hydrogen (secondary N) is 3. The van der Waals surface area contributed by atoms with E-state index in [-0.39, 0.29) is 11.6 Å². The summed E-state index contributed by atoms with van der Waals surface area (Å²) in [5.74, 6) is 0.937. The molecular weight excluding hydrogens is 421 g/mol. The van der Waals surface area contributed by atoms with Gasteiger partial charge in [0.2, 0.25) is 5.95 Å². The minimum absolute atomic E-state index is 0.224. The van der Waals surface area contributed by atoms with Crippen LogP contribution in [-0.4, -0.2) is 32.5 Å². The van der Waals surface area contributed by atoms with E-state index in [1.54, 1.807) is 32.4 Å². The van der Waals surface area contributed by atoms with E-state index in [9.17, 15) is 4.39 Å². The molecule has 0 fully saturated rings. The van der Waals surface area contributed by atoms with Gasteiger partial charge >= 0.3 is 11.6 Å². The quantitative estimate of drug-likeness (QED) is 0.528. The highest BCUT2D eigenvalue weighted by atomic mass is 35.5. The van der Waals surface area contributed by atoms with Crippen LogP contribution in [0.1, 0.15) is 0 Å². The van der Waals surface area contributed by atoms with Crippen molar-refractivity contribution < 1.29 is 17.5 Å². The Hall–Kier alpha value is -3.24. The summed E-state index contributed by atoms with van der Waals surface area (Å²) in [7, 11) is 3.40. The minimum atomic E-state index is -0.750. The second-order valence-corrected chi connectivity index (χ2v) is 5.89. The van der Waals surface area contributed by atoms with Gasteiger partial charge in [-0.15, -0.1) is 0 Å². The summed E-state index contributed by atoms with van der Waals surface area (Å²) in [6.45, 7) is 0. The maximum Gasteiger partial charge on any atom is 0.335 e. The van der Waals surface area contributed by atoms with Crippen molar-refractivity contribution in [2.24, 2.45) is 0 Å². The van der Waals surface area contributed by atoms with Crippen LogP contribution in [0.3, 0.4) is 0 Å². The summed E-state index contributed by atoms with van der Waals surface area (Å²) in [4.78, 5) is 8.42. The predicted molar refractivity (Wildman–Crippen MR) is 111 cm³/mol. The number of halogens is 2. The van der Waals surface area contributed by atoms with Crippen LogP contribution in [-0.2, 0) is 11.6 Å². The Balaban J connectivity index is 0.000000941. The molecule has 11 heteroatoms. The number of rotatable bonds is 6. The Labute approximate surface area is 175 Å². The van der Waals surface area contributed by atoms with Crippen LogP contribution in [0.5, 0.6) is 5.75 Å². The molecule has 0 unspecified atom stereocenters. The van der Waals surface area contributed by atoms with Gasteiger partial charge in [-0.05, 0) is 24.3 Å². The monoisotopic (exact) mass is 437 g/mol. The molecule has 0 aliphatic rings. The van der Waals surface area contributed by atoms with Gasteiger partial charge in [0.25, 0.3) is 0 Å². The number of aromatic nitrogens is 2. The van der Waals surface area contributed by atoms with Crippen molar-refractivity contribution in [1.82, 2.24) is 9.97 Å². The second kappa shape index (κ2) is 10.9. The molecule has 0 aliphatic carbocycles. The first-order chi connectivity index (χ1) is 14.0. The number of nitrogens with zero attached hydrogens (tertiary/aromatic N) is 2. The summed E-state index contributed by atoms with van der Waals surface area (Å²) in [6, 6.07) is 11.8. The molecule has 3 aromatic rings. The number of hydrogen-bond donors (Lipinski definition) is 3. The van der Waals surface area contributed by atoms with E-state index < -0.39 is 17.4 Å². The first-order valence-electron chi connectivity index (χ1n) is 8.11. The number of hydrogen-bond acceptors (Lipinski definition) is 8. The molecule has 8 nitrogen and oxygen atoms in total. The molecule has 0 bridgehead atoms. The molecule has 3 N–H and O–H groups in total. The van der Waals surface area contributed by atoms with E-state index >= 15 is 0 Å². The molecule has 2 aromatic carbocycles. The van der Waals surface area contributed by atoms with Crippen LogP contribution in [0.25, 0.3) is 0 Å². The molecule has 29 heavy (non-hydrogen) atoms. The van der Waals surface area contributed by atoms with E-state index in [0.717, 1.165) is 17.1 Å². The summed E-state index contributed by atoms with van der Waals surface area (Å²) >= 11 is 5.45. The molecular formula is C18H17ClFN5O3S. The lowest BCUT2D eigenvalue weighted by atomic mass is 10.2. The maximum absolute atomic E-state index is 13.8. The van der Waals surface area contributed by atoms with Gasteiger partial charge in [0.05, 0.1) is 30.4 Å². The van der Waals surface area contributed by atoms with Crippen molar-refractivity contribution in [2.45, 2.75) is 0 Å². The molecule has 0 atom stereocenters. The molecule has 0 aliphatic heterocycles. The highest BCUT2D eigenvalue weighted by molar-refractivity contribution is 7.51. The number of ether oxygens (including phenoxy) is 1. The molecule has 3 rings (SSSR count). The van der Waals surface area contributed by atoms with Crippen molar-refractivity contribution in [1.29, 1.82) is 0 Å². The Morgan fingerprint density at radius 2 is 1.79 bits per heavy atom. The fourth-order valence-electron chi connectivity index (χ4n) is 2.29. The van der Waals surface area contributed by atoms with Crippen LogP contribution < -0.4 is 20.7 Å². The van der Waals surface area contributed by atoms with Gasteiger partial charge in [0, 0.05) is 13.1 Å². The number of para-hydroxylation sites is 1. The number of methoxy groups -OCH3 is 1. The zero-order chi connectivity index (χ0) is 21.2. The van der Waals surface area contributed by atoms with Gasteiger partial charge in [0.15, 0.2) is 5.82 Å². The highest BCUT2D eigenvalue weighted by Crippen LogP contribution is 2.31. The summed E-state index contributed by atoms with van der Waals surface area (Å²) in [6.07, 6.45) is 1.45. The van der Waals surface area contributed by atoms with Crippen LogP contribution in [0.15, 0.2) is 48.7 Å². The van der Waals surface area contributed by atoms with Crippen molar-refractivity contribution in [3.05, 3.63) is 59.5 Å². The van der Waals surface area contributed by atoms with Gasteiger partial charge in [-0.1, -0.05) is 23.7 Å². The Kier molecular flexibility index (Phi) is 8.31. The van der Waals surface area contributed by atoms with Gasteiger partial charge in [-0.2, -0.15) is 13.4 Å². The summed E-state index contributed by atoms with van der Waals surface area (Å²) in [5, 5.41) is 9.40. The fourth-order valence-corrected chi connectivity index (χ4v) is 2.43. The molecule has 0 amide bonds. The third-order valence-corrected chi connectivity index (χ3v) is 3.89. The van der Waals surface area contributed by atoms with Crippen LogP contribution in [0.2, 0.25) is 5.02 Å². The van der Waals surface area contributed by atoms with Crippen molar-refractivity contribution in [3.63, 3.8) is 0 Å². The standard InChI is InChI=1S/C18H17ClFN5O.O2S/c1-21-16-9-11(26-2)7-8-15(16)23-17-12(19)10-22-18(25-17)24-14-6-4-3-5-13(14)20;1-3-2/h3-10,21H,1-2H3,(H2,22,23,24,25);. The van der Waals surface area contributed by atoms with Crippen LogP contribution in [0.4, 0.5) is 33.2 Å². The predicted octanol–water partition coefficient (Wildman–Crippen LogP) is 4.14. The molecule has 0 spiro atoms. The maximum atomic E-state index is 13.8. The van der Waals surface area contributed by atoms with E-state index in [1.165, 1.54) is 12.3 Å². The van der Waals surface area contributed by atoms with Gasteiger partial charge in [0.1, 0.15) is 16.6 Å². The topological polar surface area (TPSA) is 105 Å². The Morgan fingerprint density at radius 3 is 2.45 bits per heavy atom. The van der Waals surface area contributed by atoms with E-state index in [0.29, 0.717) is 10.8 Å². The van der Waals surface area contributed by atoms with Crippen molar-refractivity contribution in [2.75, 3.05) is 30.1 Å². The van der Waals surface area contributed by atoms with Gasteiger partial charge in [-0.3, -0.25) is 0 Å². The van der Waals surface area contributed by atoms with Crippen LogP contribution >= 0.6 is 11.6 Å². The minimum Gasteiger partial charge on any atom is -0.497 e. The lowest BCUT2D eigenvalue weighted by Gasteiger charge is -2.14. The van der Waals surface area contributed by atoms with Crippen LogP contribution in [0, 0.1) is 5.82 Å². The normalized spacial score (nSPS) is 9.66. The summed E-state index contributed by atoms with van der Waals surface area (Å²) < 4.78 is 35.6. The van der Waals surface area contributed by atoms with Crippen molar-refractivity contribution in [3.8, 4) is 5.75 Å². The third-order valence-electron chi connectivity index (χ3n) is 3.61. The third kappa shape index (κ3) is 6.13. The fraction of sp³-hybridized carbons (Fsp3) is 0.111. The molecule has 1 heterocycles.